The number of phenolic OH excluding ortho intramolecular Hbond substituents is 9. The van der Waals surface area contributed by atoms with Crippen LogP contribution in [0.25, 0.3) is 55.6 Å². The average Bonchev–Trinajstić information content (AvgIpc) is 3.32. The van der Waals surface area contributed by atoms with Crippen LogP contribution in [0.1, 0.15) is 5.56 Å². The van der Waals surface area contributed by atoms with E-state index in [1.165, 1.54) is 60.7 Å². The zero-order valence-corrected chi connectivity index (χ0v) is 34.7. The van der Waals surface area contributed by atoms with E-state index < -0.39 is 0 Å². The van der Waals surface area contributed by atoms with Crippen molar-refractivity contribution in [2.45, 2.75) is 6.92 Å². The quantitative estimate of drug-likeness (QED) is 0.0761. The third-order valence-corrected chi connectivity index (χ3v) is 9.85. The molecule has 9 nitrogen and oxygen atoms in total. The maximum Gasteiger partial charge on any atom is 0.131 e. The van der Waals surface area contributed by atoms with E-state index in [0.29, 0.717) is 33.6 Å². The topological polar surface area (TPSA) is 182 Å². The van der Waals surface area contributed by atoms with Crippen molar-refractivity contribution in [3.8, 4) is 107 Å². The Balaban J connectivity index is 0.000000149. The Morgan fingerprint density at radius 1 is 0.234 bits per heavy atom. The lowest BCUT2D eigenvalue weighted by molar-refractivity contribution is 0.459. The lowest BCUT2D eigenvalue weighted by Gasteiger charge is -2.11. The molecule has 0 aliphatic rings. The third-order valence-electron chi connectivity index (χ3n) is 9.85. The molecule has 0 saturated carbocycles. The number of hydrogen-bond acceptors (Lipinski definition) is 9. The van der Waals surface area contributed by atoms with Crippen molar-refractivity contribution in [2.75, 3.05) is 0 Å². The molecule has 0 aliphatic carbocycles. The number of aromatic hydroxyl groups is 9. The predicted octanol–water partition coefficient (Wildman–Crippen LogP) is 12.7. The second-order valence-electron chi connectivity index (χ2n) is 14.5. The summed E-state index contributed by atoms with van der Waals surface area (Å²) < 4.78 is 0. The van der Waals surface area contributed by atoms with Gasteiger partial charge in [0, 0.05) is 33.4 Å². The highest BCUT2D eigenvalue weighted by molar-refractivity contribution is 5.85. The van der Waals surface area contributed by atoms with Crippen molar-refractivity contribution < 1.29 is 46.0 Å². The molecule has 9 rings (SSSR count). The van der Waals surface area contributed by atoms with E-state index in [9.17, 15) is 35.7 Å². The fourth-order valence-corrected chi connectivity index (χ4v) is 6.60. The summed E-state index contributed by atoms with van der Waals surface area (Å²) in [6.07, 6.45) is 0. The normalized spacial score (nSPS) is 10.2. The molecule has 9 aromatic carbocycles. The number of benzene rings is 9. The summed E-state index contributed by atoms with van der Waals surface area (Å²) in [6.45, 7) is 2.02. The van der Waals surface area contributed by atoms with Gasteiger partial charge in [-0.2, -0.15) is 0 Å². The number of phenols is 9. The van der Waals surface area contributed by atoms with Crippen LogP contribution in [0.5, 0.6) is 51.7 Å². The molecule has 0 spiro atoms. The van der Waals surface area contributed by atoms with Gasteiger partial charge in [-0.05, 0) is 114 Å². The van der Waals surface area contributed by atoms with Crippen LogP contribution >= 0.6 is 0 Å². The average molecular weight is 851 g/mol. The Morgan fingerprint density at radius 2 is 0.609 bits per heavy atom. The number of rotatable bonds is 5. The fraction of sp³-hybridized carbons (Fsp3) is 0.0182. The molecular weight excluding hydrogens is 805 g/mol. The number of para-hydroxylation sites is 1. The number of hydrogen-bond donors (Lipinski definition) is 9. The van der Waals surface area contributed by atoms with Crippen LogP contribution < -0.4 is 0 Å². The van der Waals surface area contributed by atoms with Gasteiger partial charge in [-0.15, -0.1) is 0 Å². The van der Waals surface area contributed by atoms with E-state index in [4.69, 9.17) is 10.2 Å². The Hall–Kier alpha value is -8.82. The SMILES string of the molecule is Cc1ccc(O)c(-c2ccccc2)c1.Oc1ccc(O)c(-c2cc(-c3ccccc3)ccc2O)c1.Oc1ccc(O)c(-c2cccc(-c3ccccc3)c2O)c1.Oc1ccc(O)cc1. The molecule has 0 unspecified atom stereocenters. The van der Waals surface area contributed by atoms with Crippen LogP contribution in [-0.2, 0) is 0 Å². The molecule has 0 amide bonds. The summed E-state index contributed by atoms with van der Waals surface area (Å²) in [5.41, 5.74) is 8.34. The van der Waals surface area contributed by atoms with Gasteiger partial charge in [0.25, 0.3) is 0 Å². The van der Waals surface area contributed by atoms with Crippen LogP contribution in [-0.4, -0.2) is 46.0 Å². The molecule has 0 radical (unpaired) electrons. The smallest absolute Gasteiger partial charge is 0.131 e. The van der Waals surface area contributed by atoms with Gasteiger partial charge in [-0.3, -0.25) is 0 Å². The predicted molar refractivity (Wildman–Crippen MR) is 253 cm³/mol. The van der Waals surface area contributed by atoms with E-state index in [1.54, 1.807) is 30.3 Å². The zero-order chi connectivity index (χ0) is 45.6. The first-order valence-electron chi connectivity index (χ1n) is 20.0. The van der Waals surface area contributed by atoms with E-state index in [1.807, 2.05) is 122 Å². The van der Waals surface area contributed by atoms with Gasteiger partial charge in [0.05, 0.1) is 0 Å². The second-order valence-corrected chi connectivity index (χ2v) is 14.5. The molecule has 0 aliphatic heterocycles. The van der Waals surface area contributed by atoms with E-state index in [0.717, 1.165) is 33.4 Å². The maximum absolute atomic E-state index is 10.5. The van der Waals surface area contributed by atoms with Crippen molar-refractivity contribution in [3.63, 3.8) is 0 Å². The van der Waals surface area contributed by atoms with Crippen LogP contribution in [0.4, 0.5) is 0 Å². The highest BCUT2D eigenvalue weighted by Crippen LogP contribution is 2.43. The van der Waals surface area contributed by atoms with Crippen molar-refractivity contribution in [2.24, 2.45) is 0 Å². The minimum Gasteiger partial charge on any atom is -0.508 e. The first-order chi connectivity index (χ1) is 30.9. The minimum atomic E-state index is 0.00770. The Kier molecular flexibility index (Phi) is 14.8. The molecule has 64 heavy (non-hydrogen) atoms. The van der Waals surface area contributed by atoms with Crippen molar-refractivity contribution in [3.05, 3.63) is 212 Å². The van der Waals surface area contributed by atoms with Gasteiger partial charge >= 0.3 is 0 Å². The maximum atomic E-state index is 10.5. The van der Waals surface area contributed by atoms with E-state index >= 15 is 0 Å². The van der Waals surface area contributed by atoms with Crippen LogP contribution in [0, 0.1) is 6.92 Å². The largest absolute Gasteiger partial charge is 0.508 e. The zero-order valence-electron chi connectivity index (χ0n) is 34.7. The fourth-order valence-electron chi connectivity index (χ4n) is 6.60. The van der Waals surface area contributed by atoms with Crippen molar-refractivity contribution in [1.82, 2.24) is 0 Å². The van der Waals surface area contributed by atoms with Gasteiger partial charge in [-0.1, -0.05) is 127 Å². The molecular formula is C55H46O9. The van der Waals surface area contributed by atoms with E-state index in [2.05, 4.69) is 0 Å². The standard InChI is InChI=1S/2C18H14O3.C13H12O.C6H6O2/c19-13-9-10-17(20)16(11-13)15-8-4-7-14(18(15)21)12-5-2-1-3-6-12;19-14-7-9-18(21)16(11-14)15-10-13(6-8-17(15)20)12-4-2-1-3-5-12;1-10-7-8-13(14)12(9-10)11-5-3-2-4-6-11;7-5-1-2-6(8)4-3-5/h2*1-11,19-21H;2-9,14H,1H3;1-4,7-8H. The van der Waals surface area contributed by atoms with Gasteiger partial charge in [0.2, 0.25) is 0 Å². The van der Waals surface area contributed by atoms with Gasteiger partial charge in [0.1, 0.15) is 51.7 Å². The molecule has 0 heterocycles. The monoisotopic (exact) mass is 850 g/mol. The highest BCUT2D eigenvalue weighted by atomic mass is 16.3. The molecule has 320 valence electrons. The van der Waals surface area contributed by atoms with Crippen molar-refractivity contribution in [1.29, 1.82) is 0 Å². The Morgan fingerprint density at radius 3 is 1.12 bits per heavy atom. The van der Waals surface area contributed by atoms with Crippen molar-refractivity contribution >= 4 is 0 Å². The molecule has 9 N–H and O–H groups in total. The minimum absolute atomic E-state index is 0.00770. The molecule has 9 heteroatoms. The molecule has 9 aromatic rings. The summed E-state index contributed by atoms with van der Waals surface area (Å²) in [4.78, 5) is 0. The van der Waals surface area contributed by atoms with Crippen LogP contribution in [0.15, 0.2) is 206 Å². The lowest BCUT2D eigenvalue weighted by atomic mass is 9.97. The second kappa shape index (κ2) is 21.1. The molecule has 0 atom stereocenters. The molecule has 0 saturated heterocycles. The first-order valence-corrected chi connectivity index (χ1v) is 20.0. The molecule has 0 aromatic heterocycles. The van der Waals surface area contributed by atoms with Crippen LogP contribution in [0.2, 0.25) is 0 Å². The highest BCUT2D eigenvalue weighted by Gasteiger charge is 2.15. The Labute approximate surface area is 370 Å². The third kappa shape index (κ3) is 11.7. The first kappa shape index (κ1) is 44.7. The summed E-state index contributed by atoms with van der Waals surface area (Å²) >= 11 is 0. The van der Waals surface area contributed by atoms with Gasteiger partial charge < -0.3 is 46.0 Å². The van der Waals surface area contributed by atoms with E-state index in [-0.39, 0.29) is 46.0 Å². The number of aryl methyl sites for hydroxylation is 1. The summed E-state index contributed by atoms with van der Waals surface area (Å²) in [5, 5.41) is 86.6. The summed E-state index contributed by atoms with van der Waals surface area (Å²) in [7, 11) is 0. The van der Waals surface area contributed by atoms with Crippen LogP contribution in [0.3, 0.4) is 0 Å². The molecule has 0 bridgehead atoms. The Bertz CT molecular complexity index is 2850. The summed E-state index contributed by atoms with van der Waals surface area (Å²) in [6, 6.07) is 59.5. The van der Waals surface area contributed by atoms with Gasteiger partial charge in [-0.25, -0.2) is 0 Å². The molecule has 0 fully saturated rings. The lowest BCUT2D eigenvalue weighted by Crippen LogP contribution is -1.85. The van der Waals surface area contributed by atoms with Gasteiger partial charge in [0.15, 0.2) is 0 Å². The summed E-state index contributed by atoms with van der Waals surface area (Å²) in [5.74, 6) is 0.883.